The van der Waals surface area contributed by atoms with E-state index in [0.29, 0.717) is 38.5 Å². The molecule has 72 heavy (non-hydrogen) atoms. The first-order valence-electron chi connectivity index (χ1n) is 29.0. The minimum Gasteiger partial charge on any atom is -0.459 e. The Kier molecular flexibility index (Phi) is 36.2. The normalized spacial score (nSPS) is 13.8. The number of unbranched alkanes of at least 4 members (excludes halogenated alkanes) is 18. The minimum absolute atomic E-state index is 0.463. The third-order valence-electron chi connectivity index (χ3n) is 13.4. The minimum atomic E-state index is -1.16. The lowest BCUT2D eigenvalue weighted by molar-refractivity contribution is 0.0204. The molecule has 0 fully saturated rings. The van der Waals surface area contributed by atoms with Gasteiger partial charge in [0.2, 0.25) is 0 Å². The highest BCUT2D eigenvalue weighted by atomic mass is 16.6. The Morgan fingerprint density at radius 3 is 0.472 bits per heavy atom. The van der Waals surface area contributed by atoms with E-state index in [1.807, 2.05) is 0 Å². The smallest absolute Gasteiger partial charge is 0.340 e. The Morgan fingerprint density at radius 2 is 0.361 bits per heavy atom. The number of esters is 6. The van der Waals surface area contributed by atoms with Gasteiger partial charge in [-0.25, -0.2) is 28.8 Å². The van der Waals surface area contributed by atoms with Crippen LogP contribution in [0, 0.1) is 0 Å². The van der Waals surface area contributed by atoms with Gasteiger partial charge in [-0.15, -0.1) is 0 Å². The van der Waals surface area contributed by atoms with Crippen molar-refractivity contribution in [3.05, 3.63) is 33.4 Å². The van der Waals surface area contributed by atoms with Gasteiger partial charge in [-0.05, 0) is 119 Å². The quantitative estimate of drug-likeness (QED) is 0.0347. The van der Waals surface area contributed by atoms with Crippen molar-refractivity contribution in [2.24, 2.45) is 0 Å². The summed E-state index contributed by atoms with van der Waals surface area (Å²) in [6.07, 6.45) is 20.2. The lowest BCUT2D eigenvalue weighted by Crippen LogP contribution is -2.34. The molecule has 0 aliphatic rings. The summed E-state index contributed by atoms with van der Waals surface area (Å²) in [4.78, 5) is 91.4. The first kappa shape index (κ1) is 66.1. The number of hydrogen-bond acceptors (Lipinski definition) is 12. The number of hydrogen-bond donors (Lipinski definition) is 0. The van der Waals surface area contributed by atoms with Gasteiger partial charge in [0, 0.05) is 0 Å². The van der Waals surface area contributed by atoms with Crippen LogP contribution >= 0.6 is 0 Å². The number of benzene rings is 1. The first-order valence-corrected chi connectivity index (χ1v) is 29.0. The van der Waals surface area contributed by atoms with Gasteiger partial charge in [0.05, 0.1) is 70.0 Å². The zero-order valence-corrected chi connectivity index (χ0v) is 47.6. The molecule has 0 saturated carbocycles. The Morgan fingerprint density at radius 1 is 0.236 bits per heavy atom. The van der Waals surface area contributed by atoms with Crippen LogP contribution in [0.5, 0.6) is 0 Å². The molecular formula is C60H102O12. The molecule has 0 saturated heterocycles. The summed E-state index contributed by atoms with van der Waals surface area (Å²) in [7, 11) is 0. The molecule has 0 heterocycles. The van der Waals surface area contributed by atoms with E-state index in [-0.39, 0.29) is 0 Å². The van der Waals surface area contributed by atoms with Crippen molar-refractivity contribution in [1.82, 2.24) is 0 Å². The van der Waals surface area contributed by atoms with E-state index in [2.05, 4.69) is 41.5 Å². The maximum atomic E-state index is 15.2. The van der Waals surface area contributed by atoms with Crippen LogP contribution in [0.2, 0.25) is 0 Å². The molecule has 0 bridgehead atoms. The van der Waals surface area contributed by atoms with E-state index in [1.54, 1.807) is 41.5 Å². The second kappa shape index (κ2) is 39.5. The van der Waals surface area contributed by atoms with E-state index in [1.165, 1.54) is 0 Å². The Hall–Kier alpha value is -3.96. The van der Waals surface area contributed by atoms with Crippen molar-refractivity contribution in [3.63, 3.8) is 0 Å². The highest BCUT2D eigenvalue weighted by Crippen LogP contribution is 2.36. The van der Waals surface area contributed by atoms with Crippen molar-refractivity contribution < 1.29 is 57.2 Å². The fraction of sp³-hybridized carbons (Fsp3) is 0.800. The third-order valence-corrected chi connectivity index (χ3v) is 13.4. The summed E-state index contributed by atoms with van der Waals surface area (Å²) in [5, 5.41) is 0. The molecule has 414 valence electrons. The largest absolute Gasteiger partial charge is 0.459 e. The number of ether oxygens (including phenoxy) is 6. The lowest BCUT2D eigenvalue weighted by Gasteiger charge is -2.26. The van der Waals surface area contributed by atoms with Crippen molar-refractivity contribution in [2.75, 3.05) is 0 Å². The second-order valence-corrected chi connectivity index (χ2v) is 20.6. The van der Waals surface area contributed by atoms with Crippen LogP contribution in [-0.4, -0.2) is 72.4 Å². The van der Waals surface area contributed by atoms with Crippen LogP contribution in [0.3, 0.4) is 0 Å². The highest BCUT2D eigenvalue weighted by molar-refractivity contribution is 6.24. The molecule has 0 aliphatic heterocycles. The molecule has 6 atom stereocenters. The van der Waals surface area contributed by atoms with Crippen LogP contribution in [-0.2, 0) is 28.4 Å². The van der Waals surface area contributed by atoms with E-state index >= 15 is 28.8 Å². The van der Waals surface area contributed by atoms with E-state index < -0.39 is 106 Å². The predicted molar refractivity (Wildman–Crippen MR) is 288 cm³/mol. The summed E-state index contributed by atoms with van der Waals surface area (Å²) in [5.74, 6) is -6.94. The molecule has 12 heteroatoms. The van der Waals surface area contributed by atoms with Gasteiger partial charge in [-0.1, -0.05) is 157 Å². The predicted octanol–water partition coefficient (Wildman–Crippen LogP) is 16.8. The van der Waals surface area contributed by atoms with Crippen molar-refractivity contribution >= 4 is 35.8 Å². The van der Waals surface area contributed by atoms with E-state index in [9.17, 15) is 0 Å². The fourth-order valence-corrected chi connectivity index (χ4v) is 8.93. The van der Waals surface area contributed by atoms with Crippen LogP contribution in [0.4, 0.5) is 0 Å². The maximum Gasteiger partial charge on any atom is 0.340 e. The molecule has 12 nitrogen and oxygen atoms in total. The Bertz CT molecular complexity index is 1380. The highest BCUT2D eigenvalue weighted by Gasteiger charge is 2.45. The zero-order valence-electron chi connectivity index (χ0n) is 47.6. The van der Waals surface area contributed by atoms with Gasteiger partial charge in [-0.3, -0.25) is 0 Å². The van der Waals surface area contributed by atoms with Gasteiger partial charge in [0.25, 0.3) is 0 Å². The Labute approximate surface area is 437 Å². The fourth-order valence-electron chi connectivity index (χ4n) is 8.93. The van der Waals surface area contributed by atoms with Crippen LogP contribution in [0.1, 0.15) is 338 Å². The SMILES string of the molecule is CCCCCC[C@@H](C)OC(=O)c1c(C(=O)O[C@H](C)CCCCCC)c(C(=O)O[C@H](C)CCCCCC)c(C(=O)O[C@H](C)CCCCCC)c(C(=O)O[C@H](C)CCCCCC)c1C(=O)O[C@H](C)CCCCCC. The van der Waals surface area contributed by atoms with Gasteiger partial charge in [-0.2, -0.15) is 0 Å². The van der Waals surface area contributed by atoms with Crippen molar-refractivity contribution in [3.8, 4) is 0 Å². The van der Waals surface area contributed by atoms with Gasteiger partial charge in [0.15, 0.2) is 0 Å². The van der Waals surface area contributed by atoms with Gasteiger partial charge >= 0.3 is 35.8 Å². The standard InChI is InChI=1S/C60H102O12/c1-13-19-25-31-37-43(7)67-55(61)49-50(56(62)68-44(8)38-32-26-20-14-2)52(58(64)70-46(10)40-34-28-22-16-4)54(60(66)72-48(12)42-36-30-24-18-6)53(59(65)71-47(11)41-35-29-23-17-5)51(49)57(63)69-45(9)39-33-27-21-15-3/h43-48H,13-42H2,1-12H3/t43-,44-,45-,46-,47-,48-/m1/s1. The molecule has 1 aromatic rings. The number of carbonyl (C=O) groups excluding carboxylic acids is 6. The molecule has 0 amide bonds. The molecule has 0 aromatic heterocycles. The maximum absolute atomic E-state index is 15.2. The van der Waals surface area contributed by atoms with Crippen LogP contribution < -0.4 is 0 Å². The molecule has 1 aromatic carbocycles. The topological polar surface area (TPSA) is 158 Å². The van der Waals surface area contributed by atoms with Gasteiger partial charge < -0.3 is 28.4 Å². The summed E-state index contributed by atoms with van der Waals surface area (Å²) in [6.45, 7) is 22.9. The average Bonchev–Trinajstić information content (AvgIpc) is 3.33. The van der Waals surface area contributed by atoms with Crippen LogP contribution in [0.25, 0.3) is 0 Å². The summed E-state index contributed by atoms with van der Waals surface area (Å²) >= 11 is 0. The molecule has 0 N–H and O–H groups in total. The monoisotopic (exact) mass is 1010 g/mol. The second-order valence-electron chi connectivity index (χ2n) is 20.6. The van der Waals surface area contributed by atoms with Crippen molar-refractivity contribution in [2.45, 2.75) is 312 Å². The molecular weight excluding hydrogens is 913 g/mol. The molecule has 0 aliphatic carbocycles. The number of rotatable bonds is 42. The lowest BCUT2D eigenvalue weighted by atomic mass is 9.85. The van der Waals surface area contributed by atoms with Crippen LogP contribution in [0.15, 0.2) is 0 Å². The van der Waals surface area contributed by atoms with E-state index in [0.717, 1.165) is 154 Å². The van der Waals surface area contributed by atoms with E-state index in [4.69, 9.17) is 28.4 Å². The zero-order chi connectivity index (χ0) is 53.8. The van der Waals surface area contributed by atoms with Gasteiger partial charge in [0.1, 0.15) is 0 Å². The summed E-state index contributed by atoms with van der Waals surface area (Å²) < 4.78 is 36.8. The number of carbonyl (C=O) groups is 6. The average molecular weight is 1020 g/mol. The Balaban J connectivity index is 4.73. The molecule has 0 radical (unpaired) electrons. The molecule has 0 unspecified atom stereocenters. The molecule has 1 rings (SSSR count). The summed E-state index contributed by atoms with van der Waals surface area (Å²) in [6, 6.07) is 0. The third kappa shape index (κ3) is 25.8. The van der Waals surface area contributed by atoms with Crippen molar-refractivity contribution in [1.29, 1.82) is 0 Å². The first-order chi connectivity index (χ1) is 34.5. The summed E-state index contributed by atoms with van der Waals surface area (Å²) in [5.41, 5.74) is -4.27. The molecule has 0 spiro atoms.